The minimum absolute atomic E-state index is 1.05. The Labute approximate surface area is 91.7 Å². The summed E-state index contributed by atoms with van der Waals surface area (Å²) in [5.41, 5.74) is 1.28. The molecule has 15 heavy (non-hydrogen) atoms. The van der Waals surface area contributed by atoms with Crippen LogP contribution < -0.4 is 0 Å². The Morgan fingerprint density at radius 3 is 2.73 bits per heavy atom. The van der Waals surface area contributed by atoms with Crippen LogP contribution in [0.25, 0.3) is 6.08 Å². The lowest BCUT2D eigenvalue weighted by atomic mass is 10.2. The van der Waals surface area contributed by atoms with Crippen LogP contribution in [0, 0.1) is 0 Å². The van der Waals surface area contributed by atoms with E-state index < -0.39 is 0 Å². The molecule has 1 aromatic carbocycles. The van der Waals surface area contributed by atoms with Crippen molar-refractivity contribution in [3.63, 3.8) is 0 Å². The second-order valence-corrected chi connectivity index (χ2v) is 3.83. The summed E-state index contributed by atoms with van der Waals surface area (Å²) in [6, 6.07) is 10.5. The van der Waals surface area contributed by atoms with Gasteiger partial charge in [0, 0.05) is 19.6 Å². The summed E-state index contributed by atoms with van der Waals surface area (Å²) in [6.45, 7) is 3.34. The van der Waals surface area contributed by atoms with Crippen LogP contribution in [0.15, 0.2) is 48.6 Å². The van der Waals surface area contributed by atoms with E-state index in [4.69, 9.17) is 0 Å². The molecule has 0 radical (unpaired) electrons. The van der Waals surface area contributed by atoms with Gasteiger partial charge in [0.25, 0.3) is 0 Å². The van der Waals surface area contributed by atoms with Crippen LogP contribution >= 0.6 is 0 Å². The predicted octanol–water partition coefficient (Wildman–Crippen LogP) is 2.96. The van der Waals surface area contributed by atoms with Crippen LogP contribution in [0.3, 0.4) is 0 Å². The van der Waals surface area contributed by atoms with Gasteiger partial charge in [0.2, 0.25) is 0 Å². The van der Waals surface area contributed by atoms with E-state index >= 15 is 0 Å². The summed E-state index contributed by atoms with van der Waals surface area (Å²) < 4.78 is 0. The van der Waals surface area contributed by atoms with Crippen LogP contribution in [-0.2, 0) is 0 Å². The van der Waals surface area contributed by atoms with Gasteiger partial charge in [0.1, 0.15) is 0 Å². The van der Waals surface area contributed by atoms with Crippen molar-refractivity contribution in [2.75, 3.05) is 19.6 Å². The molecule has 0 aliphatic carbocycles. The zero-order valence-corrected chi connectivity index (χ0v) is 8.97. The lowest BCUT2D eigenvalue weighted by Crippen LogP contribution is -2.27. The molecule has 0 fully saturated rings. The summed E-state index contributed by atoms with van der Waals surface area (Å²) in [5.74, 6) is 0. The highest BCUT2D eigenvalue weighted by Gasteiger charge is 2.02. The molecule has 0 N–H and O–H groups in total. The Hall–Kier alpha value is -1.34. The van der Waals surface area contributed by atoms with E-state index in [1.165, 1.54) is 18.5 Å². The first-order valence-electron chi connectivity index (χ1n) is 5.54. The standard InChI is InChI=1S/C14H17N/c1-3-8-14(9-4-1)10-7-13-15-11-5-2-6-12-15/h1-5,7-10H,6,11-13H2. The van der Waals surface area contributed by atoms with Crippen molar-refractivity contribution in [2.45, 2.75) is 6.42 Å². The summed E-state index contributed by atoms with van der Waals surface area (Å²) >= 11 is 0. The number of rotatable bonds is 3. The maximum Gasteiger partial charge on any atom is 0.0169 e. The van der Waals surface area contributed by atoms with E-state index in [0.29, 0.717) is 0 Å². The van der Waals surface area contributed by atoms with Crippen molar-refractivity contribution in [1.29, 1.82) is 0 Å². The molecule has 1 heterocycles. The van der Waals surface area contributed by atoms with Crippen LogP contribution in [0.5, 0.6) is 0 Å². The van der Waals surface area contributed by atoms with Crippen molar-refractivity contribution in [3.05, 3.63) is 54.1 Å². The lowest BCUT2D eigenvalue weighted by Gasteiger charge is -2.20. The molecular weight excluding hydrogens is 182 g/mol. The molecule has 0 atom stereocenters. The molecular formula is C14H17N. The number of hydrogen-bond donors (Lipinski definition) is 0. The van der Waals surface area contributed by atoms with Crippen molar-refractivity contribution >= 4 is 6.08 Å². The van der Waals surface area contributed by atoms with Crippen LogP contribution in [0.1, 0.15) is 12.0 Å². The highest BCUT2D eigenvalue weighted by molar-refractivity contribution is 5.48. The molecule has 0 bridgehead atoms. The van der Waals surface area contributed by atoms with E-state index in [1.54, 1.807) is 0 Å². The first kappa shape index (κ1) is 10.2. The number of hydrogen-bond acceptors (Lipinski definition) is 1. The van der Waals surface area contributed by atoms with E-state index in [2.05, 4.69) is 53.5 Å². The first-order chi connectivity index (χ1) is 7.45. The Morgan fingerprint density at radius 2 is 2.00 bits per heavy atom. The molecule has 0 saturated carbocycles. The molecule has 0 spiro atoms. The summed E-state index contributed by atoms with van der Waals surface area (Å²) in [4.78, 5) is 2.44. The van der Waals surface area contributed by atoms with Crippen molar-refractivity contribution in [3.8, 4) is 0 Å². The molecule has 2 rings (SSSR count). The van der Waals surface area contributed by atoms with Crippen molar-refractivity contribution < 1.29 is 0 Å². The van der Waals surface area contributed by atoms with Gasteiger partial charge in [-0.05, 0) is 12.0 Å². The molecule has 0 amide bonds. The number of nitrogens with zero attached hydrogens (tertiary/aromatic N) is 1. The lowest BCUT2D eigenvalue weighted by molar-refractivity contribution is 0.331. The molecule has 0 aromatic heterocycles. The smallest absolute Gasteiger partial charge is 0.0169 e. The highest BCUT2D eigenvalue weighted by atomic mass is 15.1. The van der Waals surface area contributed by atoms with Crippen molar-refractivity contribution in [2.24, 2.45) is 0 Å². The molecule has 1 aromatic rings. The van der Waals surface area contributed by atoms with Gasteiger partial charge >= 0.3 is 0 Å². The van der Waals surface area contributed by atoms with E-state index in [0.717, 1.165) is 13.1 Å². The third kappa shape index (κ3) is 3.37. The molecule has 1 aliphatic rings. The van der Waals surface area contributed by atoms with Gasteiger partial charge in [0.15, 0.2) is 0 Å². The third-order valence-electron chi connectivity index (χ3n) is 2.62. The maximum absolute atomic E-state index is 2.44. The van der Waals surface area contributed by atoms with Gasteiger partial charge < -0.3 is 0 Å². The minimum atomic E-state index is 1.05. The monoisotopic (exact) mass is 199 g/mol. The zero-order valence-electron chi connectivity index (χ0n) is 8.97. The summed E-state index contributed by atoms with van der Waals surface area (Å²) in [5, 5.41) is 0. The van der Waals surface area contributed by atoms with E-state index in [1.807, 2.05) is 6.07 Å². The van der Waals surface area contributed by atoms with Gasteiger partial charge in [0.05, 0.1) is 0 Å². The Kier molecular flexibility index (Phi) is 3.75. The average molecular weight is 199 g/mol. The third-order valence-corrected chi connectivity index (χ3v) is 2.62. The normalized spacial score (nSPS) is 17.3. The van der Waals surface area contributed by atoms with E-state index in [-0.39, 0.29) is 0 Å². The quantitative estimate of drug-likeness (QED) is 0.676. The largest absolute Gasteiger partial charge is 0.296 e. The Balaban J connectivity index is 1.82. The molecule has 1 nitrogen and oxygen atoms in total. The minimum Gasteiger partial charge on any atom is -0.296 e. The summed E-state index contributed by atoms with van der Waals surface area (Å²) in [7, 11) is 0. The molecule has 0 saturated heterocycles. The van der Waals surface area contributed by atoms with E-state index in [9.17, 15) is 0 Å². The van der Waals surface area contributed by atoms with Crippen LogP contribution in [-0.4, -0.2) is 24.5 Å². The van der Waals surface area contributed by atoms with Gasteiger partial charge in [-0.1, -0.05) is 54.6 Å². The molecule has 78 valence electrons. The fourth-order valence-electron chi connectivity index (χ4n) is 1.76. The van der Waals surface area contributed by atoms with Crippen LogP contribution in [0.4, 0.5) is 0 Å². The molecule has 0 unspecified atom stereocenters. The van der Waals surface area contributed by atoms with Crippen LogP contribution in [0.2, 0.25) is 0 Å². The second-order valence-electron chi connectivity index (χ2n) is 3.83. The number of benzene rings is 1. The first-order valence-corrected chi connectivity index (χ1v) is 5.54. The Bertz CT molecular complexity index is 338. The van der Waals surface area contributed by atoms with Crippen molar-refractivity contribution in [1.82, 2.24) is 4.90 Å². The second kappa shape index (κ2) is 5.52. The average Bonchev–Trinajstić information content (AvgIpc) is 2.32. The maximum atomic E-state index is 2.44. The van der Waals surface area contributed by atoms with Gasteiger partial charge in [-0.15, -0.1) is 0 Å². The zero-order chi connectivity index (χ0) is 10.3. The molecule has 1 heteroatoms. The highest BCUT2D eigenvalue weighted by Crippen LogP contribution is 2.03. The predicted molar refractivity (Wildman–Crippen MR) is 65.7 cm³/mol. The van der Waals surface area contributed by atoms with Gasteiger partial charge in [-0.25, -0.2) is 0 Å². The summed E-state index contributed by atoms with van der Waals surface area (Å²) in [6.07, 6.45) is 10.1. The van der Waals surface area contributed by atoms with Gasteiger partial charge in [-0.2, -0.15) is 0 Å². The fourth-order valence-corrected chi connectivity index (χ4v) is 1.76. The fraction of sp³-hybridized carbons (Fsp3) is 0.286. The molecule has 1 aliphatic heterocycles. The Morgan fingerprint density at radius 1 is 1.13 bits per heavy atom. The SMILES string of the molecule is C1=CCN(CC=Cc2ccccc2)CC1. The topological polar surface area (TPSA) is 3.24 Å². The van der Waals surface area contributed by atoms with Gasteiger partial charge in [-0.3, -0.25) is 4.90 Å².